The quantitative estimate of drug-likeness (QED) is 0.155. The molecule has 5 heterocycles. The molecule has 434 valence electrons. The van der Waals surface area contributed by atoms with Gasteiger partial charge in [0, 0.05) is 78.3 Å². The van der Waals surface area contributed by atoms with Crippen molar-refractivity contribution in [3.05, 3.63) is 271 Å². The molecule has 0 unspecified atom stereocenters. The Kier molecular flexibility index (Phi) is 11.7. The molecular weight excluding hydrogens is 1090 g/mol. The molecule has 5 nitrogen and oxygen atoms in total. The van der Waals surface area contributed by atoms with E-state index in [1.165, 1.54) is 76.5 Å². The van der Waals surface area contributed by atoms with Gasteiger partial charge in [-0.1, -0.05) is 226 Å². The zero-order chi connectivity index (χ0) is 61.1. The highest BCUT2D eigenvalue weighted by molar-refractivity contribution is 6.99. The Morgan fingerprint density at radius 1 is 0.300 bits per heavy atom. The average Bonchev–Trinajstić information content (AvgIpc) is 0.728. The van der Waals surface area contributed by atoms with Gasteiger partial charge in [-0.15, -0.1) is 0 Å². The van der Waals surface area contributed by atoms with Gasteiger partial charge >= 0.3 is 0 Å². The van der Waals surface area contributed by atoms with Crippen molar-refractivity contribution in [2.45, 2.75) is 78.6 Å². The minimum absolute atomic E-state index is 0.0206. The molecule has 0 N–H and O–H groups in total. The van der Waals surface area contributed by atoms with Crippen LogP contribution in [0, 0.1) is 0 Å². The van der Waals surface area contributed by atoms with Crippen molar-refractivity contribution < 1.29 is 4.74 Å². The van der Waals surface area contributed by atoms with Crippen LogP contribution in [0.1, 0.15) is 79.0 Å². The molecule has 0 radical (unpaired) electrons. The highest BCUT2D eigenvalue weighted by Gasteiger charge is 2.44. The van der Waals surface area contributed by atoms with Gasteiger partial charge < -0.3 is 23.3 Å². The molecule has 90 heavy (non-hydrogen) atoms. The van der Waals surface area contributed by atoms with Crippen LogP contribution in [0.2, 0.25) is 0 Å². The zero-order valence-corrected chi connectivity index (χ0v) is 52.5. The van der Waals surface area contributed by atoms with Crippen LogP contribution in [0.15, 0.2) is 255 Å². The second-order valence-corrected chi connectivity index (χ2v) is 28.1. The summed E-state index contributed by atoms with van der Waals surface area (Å²) in [5, 5.41) is 7.42. The number of fused-ring (bicyclic) bond motifs is 13. The fourth-order valence-corrected chi connectivity index (χ4v) is 15.0. The first-order chi connectivity index (χ1) is 43.5. The average molecular weight is 1160 g/mol. The van der Waals surface area contributed by atoms with Crippen molar-refractivity contribution in [1.82, 2.24) is 13.7 Å². The summed E-state index contributed by atoms with van der Waals surface area (Å²) in [4.78, 5) is 2.61. The number of benzene rings is 12. The summed E-state index contributed by atoms with van der Waals surface area (Å²) in [6.07, 6.45) is 0. The van der Waals surface area contributed by atoms with Crippen LogP contribution in [0.4, 0.5) is 17.1 Å². The monoisotopic (exact) mass is 1160 g/mol. The predicted octanol–water partition coefficient (Wildman–Crippen LogP) is 20.6. The Balaban J connectivity index is 0.983. The highest BCUT2D eigenvalue weighted by atomic mass is 16.5. The molecule has 0 amide bonds. The number of hydrogen-bond acceptors (Lipinski definition) is 2. The summed E-state index contributed by atoms with van der Waals surface area (Å²) in [6.45, 7) is 20.6. The molecular formula is C84H69BN4O. The highest BCUT2D eigenvalue weighted by Crippen LogP contribution is 2.51. The predicted molar refractivity (Wildman–Crippen MR) is 382 cm³/mol. The summed E-state index contributed by atoms with van der Waals surface area (Å²) < 4.78 is 15.2. The minimum Gasteiger partial charge on any atom is -0.458 e. The normalized spacial score (nSPS) is 13.2. The molecule has 12 aromatic carbocycles. The fourth-order valence-electron chi connectivity index (χ4n) is 15.0. The largest absolute Gasteiger partial charge is 0.458 e. The standard InChI is InChI=1S/C84H69BN4O/c1-82(2,3)54-35-42-73-65(45-54)64-29-18-21-34-72(64)86(73)57-38-40-68-76(48-57)89(81-60(52-23-12-10-13-24-52)30-22-31-61(81)53-25-14-11-15-26-53)77-49-59(88-70-32-19-16-27-62(70)63-28-17-20-33-71(63)88)51-79-80(77)85(68)69-41-39-58(50-78(69)90-79)87-74-43-36-55(83(4,5)6)46-66(74)67-47-56(84(7,8)9)37-44-75(67)87/h10-51H,1-9H3. The van der Waals surface area contributed by atoms with Gasteiger partial charge in [0.05, 0.1) is 44.5 Å². The van der Waals surface area contributed by atoms with Gasteiger partial charge in [0.2, 0.25) is 0 Å². The van der Waals surface area contributed by atoms with E-state index in [0.717, 1.165) is 89.8 Å². The van der Waals surface area contributed by atoms with E-state index in [-0.39, 0.29) is 23.0 Å². The second-order valence-electron chi connectivity index (χ2n) is 28.1. The smallest absolute Gasteiger partial charge is 0.256 e. The third-order valence-corrected chi connectivity index (χ3v) is 19.5. The molecule has 0 saturated carbocycles. The summed E-state index contributed by atoms with van der Waals surface area (Å²) in [5.74, 6) is 1.68. The van der Waals surface area contributed by atoms with Crippen LogP contribution in [-0.2, 0) is 16.2 Å². The topological polar surface area (TPSA) is 27.3 Å². The van der Waals surface area contributed by atoms with Gasteiger partial charge in [0.1, 0.15) is 11.5 Å². The second kappa shape index (κ2) is 19.6. The lowest BCUT2D eigenvalue weighted by Gasteiger charge is -2.42. The van der Waals surface area contributed by atoms with E-state index in [4.69, 9.17) is 4.74 Å². The molecule has 3 aromatic heterocycles. The molecule has 0 aliphatic carbocycles. The molecule has 0 spiro atoms. The Morgan fingerprint density at radius 2 is 0.689 bits per heavy atom. The van der Waals surface area contributed by atoms with E-state index < -0.39 is 0 Å². The van der Waals surface area contributed by atoms with Gasteiger partial charge in [-0.05, 0) is 139 Å². The fraction of sp³-hybridized carbons (Fsp3) is 0.143. The summed E-state index contributed by atoms with van der Waals surface area (Å²) in [6, 6.07) is 95.8. The van der Waals surface area contributed by atoms with Gasteiger partial charge in [-0.3, -0.25) is 0 Å². The van der Waals surface area contributed by atoms with Crippen LogP contribution in [0.25, 0.3) is 105 Å². The molecule has 15 aromatic rings. The van der Waals surface area contributed by atoms with E-state index in [1.807, 2.05) is 0 Å². The molecule has 0 bridgehead atoms. The number of ether oxygens (including phenoxy) is 1. The zero-order valence-electron chi connectivity index (χ0n) is 52.5. The van der Waals surface area contributed by atoms with Crippen molar-refractivity contribution in [1.29, 1.82) is 0 Å². The first-order valence-electron chi connectivity index (χ1n) is 31.8. The van der Waals surface area contributed by atoms with Gasteiger partial charge in [0.25, 0.3) is 6.71 Å². The number of anilines is 3. The van der Waals surface area contributed by atoms with Crippen LogP contribution < -0.4 is 26.0 Å². The van der Waals surface area contributed by atoms with Crippen molar-refractivity contribution in [2.75, 3.05) is 4.90 Å². The molecule has 6 heteroatoms. The van der Waals surface area contributed by atoms with Crippen LogP contribution in [-0.4, -0.2) is 20.4 Å². The van der Waals surface area contributed by atoms with Crippen LogP contribution in [0.3, 0.4) is 0 Å². The SMILES string of the molecule is CC(C)(C)c1ccc2c(c1)c1ccccc1n2-c1ccc2c(c1)N(c1c(-c3ccccc3)cccc1-c1ccccc1)c1cc(-n3c4ccccc4c4ccccc43)cc3c1B2c1ccc(-n2c4ccc(C(C)(C)C)cc4c4cc(C(C)(C)C)ccc42)cc1O3. The van der Waals surface area contributed by atoms with Crippen molar-refractivity contribution >= 4 is 106 Å². The number of hydrogen-bond donors (Lipinski definition) is 0. The summed E-state index contributed by atoms with van der Waals surface area (Å²) >= 11 is 0. The lowest BCUT2D eigenvalue weighted by atomic mass is 9.34. The Bertz CT molecular complexity index is 5290. The minimum atomic E-state index is -0.210. The Morgan fingerprint density at radius 3 is 1.18 bits per heavy atom. The molecule has 17 rings (SSSR count). The van der Waals surface area contributed by atoms with Crippen molar-refractivity contribution in [2.24, 2.45) is 0 Å². The summed E-state index contributed by atoms with van der Waals surface area (Å²) in [7, 11) is 0. The molecule has 2 aliphatic rings. The van der Waals surface area contributed by atoms with Gasteiger partial charge in [0.15, 0.2) is 0 Å². The van der Waals surface area contributed by atoms with Crippen LogP contribution >= 0.6 is 0 Å². The maximum absolute atomic E-state index is 7.76. The lowest BCUT2D eigenvalue weighted by Crippen LogP contribution is -2.59. The Hall–Kier alpha value is -10.3. The molecule has 0 saturated heterocycles. The first-order valence-corrected chi connectivity index (χ1v) is 31.8. The molecule has 0 atom stereocenters. The van der Waals surface area contributed by atoms with E-state index in [1.54, 1.807) is 0 Å². The lowest BCUT2D eigenvalue weighted by molar-refractivity contribution is 0.487. The summed E-state index contributed by atoms with van der Waals surface area (Å²) in [5.41, 5.74) is 25.3. The van der Waals surface area contributed by atoms with Gasteiger partial charge in [-0.2, -0.15) is 0 Å². The van der Waals surface area contributed by atoms with E-state index in [2.05, 4.69) is 336 Å². The van der Waals surface area contributed by atoms with Crippen molar-refractivity contribution in [3.8, 4) is 50.8 Å². The third-order valence-electron chi connectivity index (χ3n) is 19.5. The van der Waals surface area contributed by atoms with Gasteiger partial charge in [-0.25, -0.2) is 0 Å². The van der Waals surface area contributed by atoms with E-state index in [9.17, 15) is 0 Å². The Labute approximate surface area is 526 Å². The van der Waals surface area contributed by atoms with E-state index >= 15 is 0 Å². The number of rotatable bonds is 6. The molecule has 0 fully saturated rings. The maximum Gasteiger partial charge on any atom is 0.256 e. The third kappa shape index (κ3) is 8.23. The first kappa shape index (κ1) is 53.9. The number of aromatic nitrogens is 3. The van der Waals surface area contributed by atoms with Crippen LogP contribution in [0.5, 0.6) is 11.5 Å². The number of para-hydroxylation sites is 4. The maximum atomic E-state index is 7.76. The van der Waals surface area contributed by atoms with E-state index in [0.29, 0.717) is 0 Å². The molecule has 2 aliphatic heterocycles. The number of nitrogens with zero attached hydrogens (tertiary/aromatic N) is 4. The van der Waals surface area contributed by atoms with Crippen molar-refractivity contribution in [3.63, 3.8) is 0 Å².